The van der Waals surface area contributed by atoms with Gasteiger partial charge < -0.3 is 14.9 Å². The van der Waals surface area contributed by atoms with Gasteiger partial charge in [0, 0.05) is 25.3 Å². The number of hydrogen-bond acceptors (Lipinski definition) is 5. The minimum atomic E-state index is -0.411. The first-order valence-electron chi connectivity index (χ1n) is 6.04. The van der Waals surface area contributed by atoms with Crippen LogP contribution in [0.1, 0.15) is 24.8 Å². The van der Waals surface area contributed by atoms with Gasteiger partial charge in [0.15, 0.2) is 5.13 Å². The molecule has 17 heavy (non-hydrogen) atoms. The van der Waals surface area contributed by atoms with Gasteiger partial charge in [-0.2, -0.15) is 0 Å². The maximum Gasteiger partial charge on any atom is 0.185 e. The summed E-state index contributed by atoms with van der Waals surface area (Å²) in [6, 6.07) is 0.592. The third-order valence-corrected chi connectivity index (χ3v) is 4.66. The highest BCUT2D eigenvalue weighted by molar-refractivity contribution is 7.15. The molecule has 4 nitrogen and oxygen atoms in total. The summed E-state index contributed by atoms with van der Waals surface area (Å²) in [5.74, 6) is 0.656. The zero-order valence-corrected chi connectivity index (χ0v) is 11.7. The Labute approximate surface area is 107 Å². The number of aromatic nitrogens is 1. The van der Waals surface area contributed by atoms with Crippen LogP contribution in [0.4, 0.5) is 5.13 Å². The molecule has 1 fully saturated rings. The van der Waals surface area contributed by atoms with E-state index in [1.54, 1.807) is 24.5 Å². The van der Waals surface area contributed by atoms with Crippen molar-refractivity contribution in [3.63, 3.8) is 0 Å². The predicted molar refractivity (Wildman–Crippen MR) is 71.6 cm³/mol. The summed E-state index contributed by atoms with van der Waals surface area (Å²) in [5, 5.41) is 10.6. The minimum Gasteiger partial charge on any atom is -0.388 e. The number of anilines is 1. The average Bonchev–Trinajstić information content (AvgIpc) is 2.82. The van der Waals surface area contributed by atoms with E-state index in [1.165, 1.54) is 0 Å². The van der Waals surface area contributed by atoms with Gasteiger partial charge in [-0.15, -0.1) is 0 Å². The number of rotatable bonds is 3. The van der Waals surface area contributed by atoms with E-state index in [0.717, 1.165) is 23.1 Å². The zero-order chi connectivity index (χ0) is 12.6. The van der Waals surface area contributed by atoms with Crippen LogP contribution in [0.25, 0.3) is 0 Å². The standard InChI is InChI=1S/C12H21N3OS/c1-8-6-15(7-10(8)14(3)4)12-13-5-11(17-12)9(2)16/h5,8-10,16H,6-7H2,1-4H3. The second-order valence-corrected chi connectivity index (χ2v) is 6.18. The quantitative estimate of drug-likeness (QED) is 0.890. The predicted octanol–water partition coefficient (Wildman–Crippen LogP) is 1.58. The van der Waals surface area contributed by atoms with E-state index < -0.39 is 6.10 Å². The summed E-state index contributed by atoms with van der Waals surface area (Å²) in [6.07, 6.45) is 1.38. The first kappa shape index (κ1) is 12.8. The third-order valence-electron chi connectivity index (χ3n) is 3.43. The van der Waals surface area contributed by atoms with E-state index in [0.29, 0.717) is 12.0 Å². The molecule has 0 aromatic carbocycles. The Bertz CT molecular complexity index is 378. The van der Waals surface area contributed by atoms with Gasteiger partial charge in [0.25, 0.3) is 0 Å². The van der Waals surface area contributed by atoms with Gasteiger partial charge >= 0.3 is 0 Å². The molecule has 5 heteroatoms. The second kappa shape index (κ2) is 4.92. The Hall–Kier alpha value is -0.650. The summed E-state index contributed by atoms with van der Waals surface area (Å²) < 4.78 is 0. The lowest BCUT2D eigenvalue weighted by atomic mass is 10.1. The summed E-state index contributed by atoms with van der Waals surface area (Å²) in [5.41, 5.74) is 0. The Kier molecular flexibility index (Phi) is 3.70. The number of thiazole rings is 1. The molecule has 3 atom stereocenters. The number of likely N-dealkylation sites (N-methyl/N-ethyl adjacent to an activating group) is 1. The van der Waals surface area contributed by atoms with Crippen LogP contribution in [-0.4, -0.2) is 48.2 Å². The monoisotopic (exact) mass is 255 g/mol. The lowest BCUT2D eigenvalue weighted by Crippen LogP contribution is -2.34. The van der Waals surface area contributed by atoms with Crippen molar-refractivity contribution in [1.82, 2.24) is 9.88 Å². The largest absolute Gasteiger partial charge is 0.388 e. The van der Waals surface area contributed by atoms with Crippen LogP contribution in [-0.2, 0) is 0 Å². The van der Waals surface area contributed by atoms with Crippen LogP contribution >= 0.6 is 11.3 Å². The van der Waals surface area contributed by atoms with Crippen LogP contribution in [0.15, 0.2) is 6.20 Å². The number of hydrogen-bond donors (Lipinski definition) is 1. The summed E-state index contributed by atoms with van der Waals surface area (Å²) >= 11 is 1.60. The molecule has 2 rings (SSSR count). The molecule has 1 aliphatic heterocycles. The SMILES string of the molecule is CC(O)c1cnc(N2CC(C)C(N(C)C)C2)s1. The normalized spacial score (nSPS) is 26.8. The molecule has 0 aliphatic carbocycles. The van der Waals surface area contributed by atoms with Gasteiger partial charge in [0.2, 0.25) is 0 Å². The van der Waals surface area contributed by atoms with Gasteiger partial charge in [-0.25, -0.2) is 4.98 Å². The van der Waals surface area contributed by atoms with Crippen LogP contribution in [0.2, 0.25) is 0 Å². The van der Waals surface area contributed by atoms with E-state index in [4.69, 9.17) is 0 Å². The van der Waals surface area contributed by atoms with Crippen LogP contribution < -0.4 is 4.90 Å². The van der Waals surface area contributed by atoms with Crippen LogP contribution in [0.3, 0.4) is 0 Å². The van der Waals surface area contributed by atoms with Gasteiger partial charge in [-0.05, 0) is 26.9 Å². The molecular formula is C12H21N3OS. The molecule has 0 saturated carbocycles. The first-order chi connectivity index (χ1) is 7.99. The molecule has 1 saturated heterocycles. The Morgan fingerprint density at radius 2 is 2.24 bits per heavy atom. The fourth-order valence-corrected chi connectivity index (χ4v) is 3.26. The molecule has 0 amide bonds. The van der Waals surface area contributed by atoms with Crippen molar-refractivity contribution in [2.45, 2.75) is 26.0 Å². The van der Waals surface area contributed by atoms with Crippen molar-refractivity contribution < 1.29 is 5.11 Å². The highest BCUT2D eigenvalue weighted by Gasteiger charge is 2.32. The molecular weight excluding hydrogens is 234 g/mol. The Balaban J connectivity index is 2.09. The molecule has 0 spiro atoms. The zero-order valence-electron chi connectivity index (χ0n) is 10.9. The van der Waals surface area contributed by atoms with E-state index in [2.05, 4.69) is 35.8 Å². The molecule has 1 N–H and O–H groups in total. The highest BCUT2D eigenvalue weighted by atomic mass is 32.1. The smallest absolute Gasteiger partial charge is 0.185 e. The first-order valence-corrected chi connectivity index (χ1v) is 6.86. The fraction of sp³-hybridized carbons (Fsp3) is 0.750. The van der Waals surface area contributed by atoms with Gasteiger partial charge in [0.1, 0.15) is 0 Å². The number of nitrogens with zero attached hydrogens (tertiary/aromatic N) is 3. The summed E-state index contributed by atoms with van der Waals surface area (Å²) in [7, 11) is 4.27. The van der Waals surface area contributed by atoms with Crippen molar-refractivity contribution in [1.29, 1.82) is 0 Å². The lowest BCUT2D eigenvalue weighted by Gasteiger charge is -2.22. The van der Waals surface area contributed by atoms with Crippen LogP contribution in [0, 0.1) is 5.92 Å². The molecule has 1 aliphatic rings. The van der Waals surface area contributed by atoms with Crippen LogP contribution in [0.5, 0.6) is 0 Å². The molecule has 1 aromatic heterocycles. The number of aliphatic hydroxyl groups excluding tert-OH is 1. The van der Waals surface area contributed by atoms with Crippen molar-refractivity contribution in [2.24, 2.45) is 5.92 Å². The number of aliphatic hydroxyl groups is 1. The van der Waals surface area contributed by atoms with E-state index in [-0.39, 0.29) is 0 Å². The van der Waals surface area contributed by atoms with Gasteiger partial charge in [-0.1, -0.05) is 18.3 Å². The molecule has 3 unspecified atom stereocenters. The topological polar surface area (TPSA) is 39.6 Å². The van der Waals surface area contributed by atoms with Crippen molar-refractivity contribution in [3.8, 4) is 0 Å². The van der Waals surface area contributed by atoms with E-state index in [9.17, 15) is 5.11 Å². The third kappa shape index (κ3) is 2.61. The lowest BCUT2D eigenvalue weighted by molar-refractivity contribution is 0.203. The minimum absolute atomic E-state index is 0.411. The summed E-state index contributed by atoms with van der Waals surface area (Å²) in [6.45, 7) is 6.15. The second-order valence-electron chi connectivity index (χ2n) is 5.13. The van der Waals surface area contributed by atoms with E-state index >= 15 is 0 Å². The maximum absolute atomic E-state index is 9.52. The highest BCUT2D eigenvalue weighted by Crippen LogP contribution is 2.31. The summed E-state index contributed by atoms with van der Waals surface area (Å²) in [4.78, 5) is 9.97. The molecule has 96 valence electrons. The van der Waals surface area contributed by atoms with E-state index in [1.807, 2.05) is 0 Å². The van der Waals surface area contributed by atoms with Gasteiger partial charge in [-0.3, -0.25) is 0 Å². The van der Waals surface area contributed by atoms with Crippen molar-refractivity contribution in [3.05, 3.63) is 11.1 Å². The fourth-order valence-electron chi connectivity index (χ4n) is 2.39. The molecule has 0 radical (unpaired) electrons. The Morgan fingerprint density at radius 3 is 2.71 bits per heavy atom. The molecule has 0 bridgehead atoms. The van der Waals surface area contributed by atoms with Gasteiger partial charge in [0.05, 0.1) is 11.0 Å². The average molecular weight is 255 g/mol. The molecule has 2 heterocycles. The Morgan fingerprint density at radius 1 is 1.53 bits per heavy atom. The van der Waals surface area contributed by atoms with Crippen molar-refractivity contribution >= 4 is 16.5 Å². The molecule has 1 aromatic rings. The maximum atomic E-state index is 9.52. The van der Waals surface area contributed by atoms with Crippen molar-refractivity contribution in [2.75, 3.05) is 32.1 Å².